The molecule has 1 unspecified atom stereocenters. The van der Waals surface area contributed by atoms with Gasteiger partial charge in [0.15, 0.2) is 11.5 Å². The van der Waals surface area contributed by atoms with Crippen LogP contribution in [0, 0.1) is 0 Å². The number of nitrogens with zero attached hydrogens (tertiary/aromatic N) is 1. The monoisotopic (exact) mass is 359 g/mol. The molecule has 0 aromatic heterocycles. The summed E-state index contributed by atoms with van der Waals surface area (Å²) >= 11 is 0. The average Bonchev–Trinajstić information content (AvgIpc) is 3.15. The van der Waals surface area contributed by atoms with Crippen LogP contribution in [0.4, 0.5) is 0 Å². The summed E-state index contributed by atoms with van der Waals surface area (Å²) in [5.41, 5.74) is 0.828. The Bertz CT molecular complexity index is 691. The van der Waals surface area contributed by atoms with Crippen molar-refractivity contribution in [1.29, 1.82) is 0 Å². The van der Waals surface area contributed by atoms with Crippen molar-refractivity contribution < 1.29 is 24.4 Å². The fraction of sp³-hybridized carbons (Fsp3) is 0.400. The third-order valence-corrected chi connectivity index (χ3v) is 4.47. The molecule has 6 nitrogen and oxygen atoms in total. The molecule has 0 saturated carbocycles. The van der Waals surface area contributed by atoms with Gasteiger partial charge in [0, 0.05) is 13.1 Å². The van der Waals surface area contributed by atoms with Crippen LogP contribution in [0.1, 0.15) is 12.0 Å². The molecule has 2 aromatic rings. The Balaban J connectivity index is 1.48. The summed E-state index contributed by atoms with van der Waals surface area (Å²) < 4.78 is 17.0. The van der Waals surface area contributed by atoms with Crippen molar-refractivity contribution in [3.8, 4) is 17.2 Å². The number of hydrogen-bond donors (Lipinski definition) is 2. The molecule has 0 spiro atoms. The van der Waals surface area contributed by atoms with Crippen molar-refractivity contribution in [3.63, 3.8) is 0 Å². The Morgan fingerprint density at radius 1 is 1.12 bits per heavy atom. The Morgan fingerprint density at radius 3 is 2.54 bits per heavy atom. The summed E-state index contributed by atoms with van der Waals surface area (Å²) in [4.78, 5) is 1.95. The second kappa shape index (κ2) is 8.89. The number of para-hydroxylation sites is 2. The number of hydrogen-bond acceptors (Lipinski definition) is 6. The summed E-state index contributed by atoms with van der Waals surface area (Å²) in [6.07, 6.45) is 0.143. The molecule has 0 aliphatic carbocycles. The maximum Gasteiger partial charge on any atom is 0.161 e. The van der Waals surface area contributed by atoms with Gasteiger partial charge in [0.2, 0.25) is 0 Å². The van der Waals surface area contributed by atoms with Crippen LogP contribution in [0.2, 0.25) is 0 Å². The number of aliphatic hydroxyl groups excluding tert-OH is 2. The molecular weight excluding hydrogens is 334 g/mol. The molecule has 0 amide bonds. The molecule has 2 atom stereocenters. The SMILES string of the molecule is COc1ccccc1O[C@H]1CCN(C(O)COc2ccc(CO)cc2)C1. The Morgan fingerprint density at radius 2 is 1.85 bits per heavy atom. The Hall–Kier alpha value is -2.28. The predicted octanol–water partition coefficient (Wildman–Crippen LogP) is 2.04. The van der Waals surface area contributed by atoms with Crippen LogP contribution >= 0.6 is 0 Å². The van der Waals surface area contributed by atoms with Gasteiger partial charge in [-0.15, -0.1) is 0 Å². The number of ether oxygens (including phenoxy) is 3. The van der Waals surface area contributed by atoms with E-state index in [1.165, 1.54) is 0 Å². The molecule has 0 bridgehead atoms. The van der Waals surface area contributed by atoms with E-state index in [4.69, 9.17) is 19.3 Å². The van der Waals surface area contributed by atoms with Gasteiger partial charge in [-0.25, -0.2) is 0 Å². The smallest absolute Gasteiger partial charge is 0.161 e. The van der Waals surface area contributed by atoms with Gasteiger partial charge in [-0.05, 0) is 36.2 Å². The first-order valence-electron chi connectivity index (χ1n) is 8.74. The fourth-order valence-electron chi connectivity index (χ4n) is 2.98. The minimum Gasteiger partial charge on any atom is -0.493 e. The molecule has 1 fully saturated rings. The molecule has 2 aromatic carbocycles. The Kier molecular flexibility index (Phi) is 6.33. The van der Waals surface area contributed by atoms with Crippen LogP contribution in [0.25, 0.3) is 0 Å². The van der Waals surface area contributed by atoms with Crippen LogP contribution in [-0.4, -0.2) is 54.3 Å². The second-order valence-electron chi connectivity index (χ2n) is 6.27. The highest BCUT2D eigenvalue weighted by molar-refractivity contribution is 5.39. The highest BCUT2D eigenvalue weighted by atomic mass is 16.5. The van der Waals surface area contributed by atoms with Crippen molar-refractivity contribution in [2.45, 2.75) is 25.4 Å². The largest absolute Gasteiger partial charge is 0.493 e. The van der Waals surface area contributed by atoms with Gasteiger partial charge in [0.25, 0.3) is 0 Å². The second-order valence-corrected chi connectivity index (χ2v) is 6.27. The lowest BCUT2D eigenvalue weighted by atomic mass is 10.2. The van der Waals surface area contributed by atoms with Gasteiger partial charge in [-0.2, -0.15) is 0 Å². The third kappa shape index (κ3) is 4.66. The summed E-state index contributed by atoms with van der Waals surface area (Å²) in [7, 11) is 1.62. The van der Waals surface area contributed by atoms with Gasteiger partial charge in [0.1, 0.15) is 24.7 Å². The minimum atomic E-state index is -0.696. The van der Waals surface area contributed by atoms with Crippen molar-refractivity contribution in [3.05, 3.63) is 54.1 Å². The molecule has 3 rings (SSSR count). The van der Waals surface area contributed by atoms with Crippen molar-refractivity contribution in [2.75, 3.05) is 26.8 Å². The van der Waals surface area contributed by atoms with E-state index in [9.17, 15) is 5.11 Å². The molecule has 140 valence electrons. The van der Waals surface area contributed by atoms with Crippen LogP contribution in [0.3, 0.4) is 0 Å². The van der Waals surface area contributed by atoms with E-state index in [1.807, 2.05) is 29.2 Å². The quantitative estimate of drug-likeness (QED) is 0.752. The zero-order chi connectivity index (χ0) is 18.4. The summed E-state index contributed by atoms with van der Waals surface area (Å²) in [5.74, 6) is 2.10. The zero-order valence-electron chi connectivity index (χ0n) is 14.9. The first kappa shape index (κ1) is 18.5. The average molecular weight is 359 g/mol. The van der Waals surface area contributed by atoms with Gasteiger partial charge in [0.05, 0.1) is 13.7 Å². The molecule has 6 heteroatoms. The van der Waals surface area contributed by atoms with Gasteiger partial charge < -0.3 is 24.4 Å². The van der Waals surface area contributed by atoms with Crippen molar-refractivity contribution in [1.82, 2.24) is 4.90 Å². The molecule has 1 aliphatic heterocycles. The van der Waals surface area contributed by atoms with E-state index < -0.39 is 6.23 Å². The Labute approximate surface area is 153 Å². The normalized spacial score (nSPS) is 18.5. The number of rotatable bonds is 8. The maximum absolute atomic E-state index is 10.4. The maximum atomic E-state index is 10.4. The standard InChI is InChI=1S/C20H25NO5/c1-24-18-4-2-3-5-19(18)26-17-10-11-21(12-17)20(23)14-25-16-8-6-15(13-22)7-9-16/h2-9,17,20,22-23H,10-14H2,1H3/t17-,20?/m0/s1. The number of aliphatic hydroxyl groups is 2. The van der Waals surface area contributed by atoms with Crippen LogP contribution in [-0.2, 0) is 6.61 Å². The fourth-order valence-corrected chi connectivity index (χ4v) is 2.98. The topological polar surface area (TPSA) is 71.4 Å². The lowest BCUT2D eigenvalue weighted by Crippen LogP contribution is -2.38. The van der Waals surface area contributed by atoms with Crippen LogP contribution in [0.15, 0.2) is 48.5 Å². The predicted molar refractivity (Wildman–Crippen MR) is 97.5 cm³/mol. The van der Waals surface area contributed by atoms with Gasteiger partial charge in [-0.1, -0.05) is 24.3 Å². The third-order valence-electron chi connectivity index (χ3n) is 4.47. The molecule has 0 radical (unpaired) electrons. The highest BCUT2D eigenvalue weighted by Crippen LogP contribution is 2.29. The van der Waals surface area contributed by atoms with Crippen LogP contribution in [0.5, 0.6) is 17.2 Å². The molecule has 1 saturated heterocycles. The first-order chi connectivity index (χ1) is 12.7. The van der Waals surface area contributed by atoms with Crippen molar-refractivity contribution in [2.24, 2.45) is 0 Å². The van der Waals surface area contributed by atoms with Crippen LogP contribution < -0.4 is 14.2 Å². The van der Waals surface area contributed by atoms with E-state index in [0.29, 0.717) is 18.0 Å². The molecule has 26 heavy (non-hydrogen) atoms. The van der Waals surface area contributed by atoms with E-state index >= 15 is 0 Å². The lowest BCUT2D eigenvalue weighted by Gasteiger charge is -2.23. The molecule has 1 heterocycles. The molecular formula is C20H25NO5. The van der Waals surface area contributed by atoms with Crippen molar-refractivity contribution >= 4 is 0 Å². The number of benzene rings is 2. The summed E-state index contributed by atoms with van der Waals surface area (Å²) in [6.45, 7) is 1.56. The molecule has 1 aliphatic rings. The first-order valence-corrected chi connectivity index (χ1v) is 8.74. The number of methoxy groups -OCH3 is 1. The molecule has 2 N–H and O–H groups in total. The summed E-state index contributed by atoms with van der Waals surface area (Å²) in [6, 6.07) is 14.7. The van der Waals surface area contributed by atoms with Gasteiger partial charge >= 0.3 is 0 Å². The summed E-state index contributed by atoms with van der Waals surface area (Å²) in [5, 5.41) is 19.4. The van der Waals surface area contributed by atoms with Gasteiger partial charge in [-0.3, -0.25) is 4.90 Å². The lowest BCUT2D eigenvalue weighted by molar-refractivity contribution is -0.0190. The van der Waals surface area contributed by atoms with E-state index in [-0.39, 0.29) is 19.3 Å². The highest BCUT2D eigenvalue weighted by Gasteiger charge is 2.29. The zero-order valence-corrected chi connectivity index (χ0v) is 14.9. The minimum absolute atomic E-state index is 0.00424. The van der Waals surface area contributed by atoms with E-state index in [2.05, 4.69) is 0 Å². The van der Waals surface area contributed by atoms with E-state index in [0.717, 1.165) is 24.3 Å². The number of likely N-dealkylation sites (tertiary alicyclic amines) is 1. The van der Waals surface area contributed by atoms with E-state index in [1.54, 1.807) is 31.4 Å².